The number of nitrogens with zero attached hydrogens (tertiary/aromatic N) is 2. The van der Waals surface area contributed by atoms with E-state index in [2.05, 4.69) is 15.0 Å². The summed E-state index contributed by atoms with van der Waals surface area (Å²) in [5, 5.41) is 0.535. The van der Waals surface area contributed by atoms with Crippen LogP contribution in [-0.2, 0) is 6.54 Å². The molecule has 0 aliphatic rings. The number of hydrogen-bond donors (Lipinski definition) is 2. The van der Waals surface area contributed by atoms with Crippen molar-refractivity contribution in [2.45, 2.75) is 6.54 Å². The molecule has 0 saturated carbocycles. The molecule has 2 aromatic heterocycles. The van der Waals surface area contributed by atoms with E-state index in [4.69, 9.17) is 5.73 Å². The van der Waals surface area contributed by atoms with Crippen LogP contribution >= 0.6 is 0 Å². The second-order valence-electron chi connectivity index (χ2n) is 3.96. The Labute approximate surface area is 103 Å². The standard InChI is InChI=1S/C13H11FN4/c14-10-2-1-3-11-13(10)9(6-18-11)12-7-16-8(4-15)5-17-12/h1-3,5-7,18H,4,15H2. The normalized spacial score (nSPS) is 11.0. The fraction of sp³-hybridized carbons (Fsp3) is 0.0769. The summed E-state index contributed by atoms with van der Waals surface area (Å²) in [6.45, 7) is 0.343. The summed E-state index contributed by atoms with van der Waals surface area (Å²) in [5.74, 6) is -0.270. The summed E-state index contributed by atoms with van der Waals surface area (Å²) >= 11 is 0. The first-order valence-corrected chi connectivity index (χ1v) is 5.56. The molecule has 4 nitrogen and oxygen atoms in total. The molecule has 90 valence electrons. The Balaban J connectivity index is 2.18. The molecule has 0 amide bonds. The minimum atomic E-state index is -0.270. The van der Waals surface area contributed by atoms with Gasteiger partial charge in [0.25, 0.3) is 0 Å². The summed E-state index contributed by atoms with van der Waals surface area (Å²) in [7, 11) is 0. The van der Waals surface area contributed by atoms with Crippen molar-refractivity contribution in [1.82, 2.24) is 15.0 Å². The molecule has 0 fully saturated rings. The van der Waals surface area contributed by atoms with Crippen molar-refractivity contribution in [3.63, 3.8) is 0 Å². The van der Waals surface area contributed by atoms with E-state index < -0.39 is 0 Å². The lowest BCUT2D eigenvalue weighted by Gasteiger charge is -2.00. The van der Waals surface area contributed by atoms with Crippen molar-refractivity contribution >= 4 is 10.9 Å². The number of hydrogen-bond acceptors (Lipinski definition) is 3. The number of halogens is 1. The maximum Gasteiger partial charge on any atom is 0.133 e. The SMILES string of the molecule is NCc1cnc(-c2c[nH]c3cccc(F)c23)cn1. The van der Waals surface area contributed by atoms with Crippen LogP contribution in [0.3, 0.4) is 0 Å². The molecule has 18 heavy (non-hydrogen) atoms. The molecule has 5 heteroatoms. The summed E-state index contributed by atoms with van der Waals surface area (Å²) in [4.78, 5) is 11.4. The van der Waals surface area contributed by atoms with Crippen LogP contribution in [0.1, 0.15) is 5.69 Å². The van der Waals surface area contributed by atoms with Gasteiger partial charge >= 0.3 is 0 Å². The van der Waals surface area contributed by atoms with E-state index >= 15 is 0 Å². The highest BCUT2D eigenvalue weighted by Crippen LogP contribution is 2.28. The third-order valence-corrected chi connectivity index (χ3v) is 2.85. The first-order valence-electron chi connectivity index (χ1n) is 5.56. The Morgan fingerprint density at radius 2 is 2.11 bits per heavy atom. The molecule has 3 N–H and O–H groups in total. The lowest BCUT2D eigenvalue weighted by molar-refractivity contribution is 0.640. The monoisotopic (exact) mass is 242 g/mol. The number of aromatic nitrogens is 3. The second kappa shape index (κ2) is 4.19. The highest BCUT2D eigenvalue weighted by molar-refractivity contribution is 5.94. The molecule has 0 saturated heterocycles. The van der Waals surface area contributed by atoms with Crippen molar-refractivity contribution in [1.29, 1.82) is 0 Å². The van der Waals surface area contributed by atoms with Gasteiger partial charge in [-0.05, 0) is 12.1 Å². The lowest BCUT2D eigenvalue weighted by atomic mass is 10.1. The Kier molecular flexibility index (Phi) is 2.53. The summed E-state index contributed by atoms with van der Waals surface area (Å²) in [6.07, 6.45) is 4.95. The zero-order valence-electron chi connectivity index (χ0n) is 9.52. The smallest absolute Gasteiger partial charge is 0.133 e. The predicted molar refractivity (Wildman–Crippen MR) is 67.2 cm³/mol. The van der Waals surface area contributed by atoms with Crippen molar-refractivity contribution in [3.8, 4) is 11.3 Å². The predicted octanol–water partition coefficient (Wildman–Crippen LogP) is 2.22. The van der Waals surface area contributed by atoms with Crippen LogP contribution in [0.2, 0.25) is 0 Å². The number of fused-ring (bicyclic) bond motifs is 1. The highest BCUT2D eigenvalue weighted by Gasteiger charge is 2.11. The molecule has 1 aromatic carbocycles. The highest BCUT2D eigenvalue weighted by atomic mass is 19.1. The van der Waals surface area contributed by atoms with Gasteiger partial charge in [-0.25, -0.2) is 4.39 Å². The van der Waals surface area contributed by atoms with Gasteiger partial charge in [-0.15, -0.1) is 0 Å². The number of rotatable bonds is 2. The Morgan fingerprint density at radius 1 is 1.22 bits per heavy atom. The van der Waals surface area contributed by atoms with E-state index in [1.54, 1.807) is 24.7 Å². The molecule has 0 aliphatic heterocycles. The molecule has 0 radical (unpaired) electrons. The van der Waals surface area contributed by atoms with Crippen LogP contribution in [0.5, 0.6) is 0 Å². The van der Waals surface area contributed by atoms with Gasteiger partial charge in [0.2, 0.25) is 0 Å². The van der Waals surface area contributed by atoms with Crippen LogP contribution in [0, 0.1) is 5.82 Å². The molecule has 0 unspecified atom stereocenters. The van der Waals surface area contributed by atoms with Crippen molar-refractivity contribution in [2.24, 2.45) is 5.73 Å². The van der Waals surface area contributed by atoms with Gasteiger partial charge in [0.1, 0.15) is 5.82 Å². The zero-order chi connectivity index (χ0) is 12.5. The Morgan fingerprint density at radius 3 is 2.83 bits per heavy atom. The second-order valence-corrected chi connectivity index (χ2v) is 3.96. The minimum Gasteiger partial charge on any atom is -0.360 e. The topological polar surface area (TPSA) is 67.6 Å². The Bertz CT molecular complexity index is 688. The molecule has 3 aromatic rings. The van der Waals surface area contributed by atoms with Crippen molar-refractivity contribution in [2.75, 3.05) is 0 Å². The summed E-state index contributed by atoms with van der Waals surface area (Å²) in [5.41, 5.74) is 8.25. The van der Waals surface area contributed by atoms with Gasteiger partial charge in [-0.2, -0.15) is 0 Å². The fourth-order valence-electron chi connectivity index (χ4n) is 1.94. The first-order chi connectivity index (χ1) is 8.79. The van der Waals surface area contributed by atoms with E-state index in [0.717, 1.165) is 5.52 Å². The largest absolute Gasteiger partial charge is 0.360 e. The zero-order valence-corrected chi connectivity index (χ0v) is 9.52. The fourth-order valence-corrected chi connectivity index (χ4v) is 1.94. The van der Waals surface area contributed by atoms with Gasteiger partial charge in [-0.3, -0.25) is 9.97 Å². The molecule has 3 rings (SSSR count). The number of nitrogens with one attached hydrogen (secondary N) is 1. The van der Waals surface area contributed by atoms with Gasteiger partial charge in [0, 0.05) is 29.2 Å². The van der Waals surface area contributed by atoms with Crippen LogP contribution in [-0.4, -0.2) is 15.0 Å². The van der Waals surface area contributed by atoms with Crippen LogP contribution in [0.4, 0.5) is 4.39 Å². The average molecular weight is 242 g/mol. The maximum absolute atomic E-state index is 13.8. The molecular weight excluding hydrogens is 231 g/mol. The molecule has 0 atom stereocenters. The van der Waals surface area contributed by atoms with Crippen LogP contribution in [0.15, 0.2) is 36.8 Å². The molecular formula is C13H11FN4. The average Bonchev–Trinajstić information content (AvgIpc) is 2.84. The lowest BCUT2D eigenvalue weighted by Crippen LogP contribution is -2.00. The molecule has 0 bridgehead atoms. The summed E-state index contributed by atoms with van der Waals surface area (Å²) in [6, 6.07) is 4.92. The van der Waals surface area contributed by atoms with Crippen LogP contribution in [0.25, 0.3) is 22.2 Å². The Hall–Kier alpha value is -2.27. The van der Waals surface area contributed by atoms with Gasteiger partial charge in [0.05, 0.1) is 23.8 Å². The van der Waals surface area contributed by atoms with E-state index in [1.165, 1.54) is 6.07 Å². The number of H-pyrrole nitrogens is 1. The third kappa shape index (κ3) is 1.65. The third-order valence-electron chi connectivity index (χ3n) is 2.85. The van der Waals surface area contributed by atoms with Crippen molar-refractivity contribution < 1.29 is 4.39 Å². The molecule has 2 heterocycles. The number of nitrogens with two attached hydrogens (primary N) is 1. The molecule has 0 spiro atoms. The first kappa shape index (κ1) is 10.9. The van der Waals surface area contributed by atoms with Crippen molar-refractivity contribution in [3.05, 3.63) is 48.3 Å². The minimum absolute atomic E-state index is 0.270. The van der Waals surface area contributed by atoms with E-state index in [0.29, 0.717) is 28.9 Å². The van der Waals surface area contributed by atoms with Gasteiger partial charge < -0.3 is 10.7 Å². The number of benzene rings is 1. The van der Waals surface area contributed by atoms with Gasteiger partial charge in [0.15, 0.2) is 0 Å². The number of aromatic amines is 1. The van der Waals surface area contributed by atoms with Gasteiger partial charge in [-0.1, -0.05) is 6.07 Å². The van der Waals surface area contributed by atoms with E-state index in [1.807, 2.05) is 6.07 Å². The maximum atomic E-state index is 13.8. The quantitative estimate of drug-likeness (QED) is 0.724. The summed E-state index contributed by atoms with van der Waals surface area (Å²) < 4.78 is 13.8. The van der Waals surface area contributed by atoms with Crippen LogP contribution < -0.4 is 5.73 Å². The van der Waals surface area contributed by atoms with E-state index in [9.17, 15) is 4.39 Å². The van der Waals surface area contributed by atoms with E-state index in [-0.39, 0.29) is 5.82 Å². The molecule has 0 aliphatic carbocycles.